The van der Waals surface area contributed by atoms with E-state index in [9.17, 15) is 0 Å². The molecule has 1 aliphatic rings. The van der Waals surface area contributed by atoms with Gasteiger partial charge in [0.2, 0.25) is 0 Å². The fraction of sp³-hybridized carbons (Fsp3) is 0.259. The van der Waals surface area contributed by atoms with Crippen molar-refractivity contribution in [1.82, 2.24) is 10.2 Å². The molecule has 0 aromatic heterocycles. The van der Waals surface area contributed by atoms with E-state index in [1.807, 2.05) is 6.07 Å². The van der Waals surface area contributed by atoms with E-state index in [1.54, 1.807) is 7.11 Å². The van der Waals surface area contributed by atoms with Crippen molar-refractivity contribution in [3.8, 4) is 5.75 Å². The first-order valence-corrected chi connectivity index (χ1v) is 11.6. The van der Waals surface area contributed by atoms with E-state index >= 15 is 0 Å². The fourth-order valence-corrected chi connectivity index (χ4v) is 3.76. The van der Waals surface area contributed by atoms with Crippen LogP contribution < -0.4 is 10.1 Å². The molecule has 4 rings (SSSR count). The number of carboxylic acid groups (broad SMARTS) is 4. The average molecular weight is 527 g/mol. The molecule has 0 saturated carbocycles. The average Bonchev–Trinajstić information content (AvgIpc) is 3.35. The van der Waals surface area contributed by atoms with Crippen molar-refractivity contribution in [2.24, 2.45) is 0 Å². The Morgan fingerprint density at radius 1 is 0.816 bits per heavy atom. The number of rotatable bonds is 6. The van der Waals surface area contributed by atoms with Gasteiger partial charge in [-0.3, -0.25) is 4.90 Å². The Balaban J connectivity index is 0.000000355. The predicted octanol–water partition coefficient (Wildman–Crippen LogP) is 2.52. The first-order chi connectivity index (χ1) is 18.1. The van der Waals surface area contributed by atoms with Crippen molar-refractivity contribution in [3.63, 3.8) is 0 Å². The molecule has 3 aromatic carbocycles. The van der Waals surface area contributed by atoms with Crippen molar-refractivity contribution in [3.05, 3.63) is 77.9 Å². The van der Waals surface area contributed by atoms with Crippen LogP contribution >= 0.6 is 0 Å². The number of likely N-dealkylation sites (tertiary alicyclic amines) is 1. The van der Waals surface area contributed by atoms with Crippen LogP contribution in [0.25, 0.3) is 10.8 Å². The highest BCUT2D eigenvalue weighted by molar-refractivity contribution is 6.27. The van der Waals surface area contributed by atoms with Gasteiger partial charge in [0.05, 0.1) is 7.11 Å². The monoisotopic (exact) mass is 526 g/mol. The zero-order valence-electron chi connectivity index (χ0n) is 20.7. The maximum atomic E-state index is 9.10. The zero-order chi connectivity index (χ0) is 28.1. The van der Waals surface area contributed by atoms with Gasteiger partial charge in [-0.1, -0.05) is 48.5 Å². The Hall–Kier alpha value is -4.48. The smallest absolute Gasteiger partial charge is 0.414 e. The summed E-state index contributed by atoms with van der Waals surface area (Å²) in [6.45, 7) is 4.27. The van der Waals surface area contributed by atoms with E-state index in [4.69, 9.17) is 44.3 Å². The number of carbonyl (C=O) groups is 4. The van der Waals surface area contributed by atoms with Crippen molar-refractivity contribution < 1.29 is 44.3 Å². The largest absolute Gasteiger partial charge is 0.497 e. The minimum atomic E-state index is -1.82. The number of hydrogen-bond acceptors (Lipinski definition) is 7. The fourth-order valence-electron chi connectivity index (χ4n) is 3.76. The Bertz CT molecular complexity index is 1200. The first-order valence-electron chi connectivity index (χ1n) is 11.6. The molecular formula is C27H30N2O9. The van der Waals surface area contributed by atoms with E-state index in [1.165, 1.54) is 34.9 Å². The van der Waals surface area contributed by atoms with Crippen molar-refractivity contribution in [2.75, 3.05) is 20.2 Å². The maximum absolute atomic E-state index is 9.10. The van der Waals surface area contributed by atoms with Crippen LogP contribution in [0.4, 0.5) is 0 Å². The van der Waals surface area contributed by atoms with Gasteiger partial charge in [-0.15, -0.1) is 0 Å². The summed E-state index contributed by atoms with van der Waals surface area (Å²) in [6, 6.07) is 24.2. The van der Waals surface area contributed by atoms with Gasteiger partial charge in [-0.05, 0) is 46.5 Å². The highest BCUT2D eigenvalue weighted by Crippen LogP contribution is 2.22. The summed E-state index contributed by atoms with van der Waals surface area (Å²) in [5.74, 6) is -6.39. The second-order valence-electron chi connectivity index (χ2n) is 8.36. The van der Waals surface area contributed by atoms with Crippen LogP contribution in [-0.4, -0.2) is 75.4 Å². The Morgan fingerprint density at radius 3 is 1.97 bits per heavy atom. The minimum Gasteiger partial charge on any atom is -0.497 e. The molecule has 3 aromatic rings. The molecule has 0 radical (unpaired) electrons. The molecule has 1 heterocycles. The van der Waals surface area contributed by atoms with E-state index < -0.39 is 23.9 Å². The van der Waals surface area contributed by atoms with E-state index in [0.29, 0.717) is 6.04 Å². The number of hydrogen-bond donors (Lipinski definition) is 5. The third-order valence-electron chi connectivity index (χ3n) is 5.59. The van der Waals surface area contributed by atoms with Gasteiger partial charge in [0, 0.05) is 32.2 Å². The summed E-state index contributed by atoms with van der Waals surface area (Å²) in [4.78, 5) is 38.9. The summed E-state index contributed by atoms with van der Waals surface area (Å²) >= 11 is 0. The third-order valence-corrected chi connectivity index (χ3v) is 5.59. The van der Waals surface area contributed by atoms with E-state index in [2.05, 4.69) is 70.9 Å². The van der Waals surface area contributed by atoms with Gasteiger partial charge in [-0.25, -0.2) is 19.2 Å². The summed E-state index contributed by atoms with van der Waals surface area (Å²) in [5.41, 5.74) is 2.74. The summed E-state index contributed by atoms with van der Waals surface area (Å²) in [5, 5.41) is 35.8. The molecule has 38 heavy (non-hydrogen) atoms. The second-order valence-corrected chi connectivity index (χ2v) is 8.36. The van der Waals surface area contributed by atoms with Gasteiger partial charge >= 0.3 is 23.9 Å². The van der Waals surface area contributed by atoms with Crippen LogP contribution in [0.3, 0.4) is 0 Å². The minimum absolute atomic E-state index is 0.574. The van der Waals surface area contributed by atoms with Gasteiger partial charge in [0.15, 0.2) is 0 Å². The van der Waals surface area contributed by atoms with Crippen LogP contribution in [0, 0.1) is 0 Å². The highest BCUT2D eigenvalue weighted by Gasteiger charge is 2.21. The SMILES string of the molecule is COc1ccc2cc(CNC3CCN(Cc4ccccc4)C3)ccc2c1.O=C(O)C(=O)O.O=C(O)C(=O)O. The molecular weight excluding hydrogens is 496 g/mol. The maximum Gasteiger partial charge on any atom is 0.414 e. The number of aliphatic carboxylic acids is 4. The normalized spacial score (nSPS) is 14.4. The topological polar surface area (TPSA) is 174 Å². The summed E-state index contributed by atoms with van der Waals surface area (Å²) in [6.07, 6.45) is 1.22. The van der Waals surface area contributed by atoms with Crippen molar-refractivity contribution in [2.45, 2.75) is 25.6 Å². The second kappa shape index (κ2) is 14.9. The molecule has 0 bridgehead atoms. The lowest BCUT2D eigenvalue weighted by Gasteiger charge is -2.17. The molecule has 0 amide bonds. The van der Waals surface area contributed by atoms with Crippen LogP contribution in [0.2, 0.25) is 0 Å². The molecule has 5 N–H and O–H groups in total. The lowest BCUT2D eigenvalue weighted by Crippen LogP contribution is -2.31. The number of fused-ring (bicyclic) bond motifs is 1. The third kappa shape index (κ3) is 10.2. The number of nitrogens with zero attached hydrogens (tertiary/aromatic N) is 1. The van der Waals surface area contributed by atoms with E-state index in [0.717, 1.165) is 25.4 Å². The number of methoxy groups -OCH3 is 1. The van der Waals surface area contributed by atoms with Gasteiger partial charge < -0.3 is 30.5 Å². The molecule has 1 atom stereocenters. The predicted molar refractivity (Wildman–Crippen MR) is 138 cm³/mol. The lowest BCUT2D eigenvalue weighted by molar-refractivity contribution is -0.159. The molecule has 11 nitrogen and oxygen atoms in total. The molecule has 0 spiro atoms. The van der Waals surface area contributed by atoms with E-state index in [-0.39, 0.29) is 0 Å². The Morgan fingerprint density at radius 2 is 1.39 bits per heavy atom. The Labute approximate surface area is 218 Å². The quantitative estimate of drug-likeness (QED) is 0.299. The molecule has 1 unspecified atom stereocenters. The molecule has 1 saturated heterocycles. The number of carboxylic acids is 4. The molecule has 202 valence electrons. The molecule has 11 heteroatoms. The van der Waals surface area contributed by atoms with Gasteiger partial charge in [0.1, 0.15) is 5.75 Å². The standard InChI is InChI=1S/C23H26N2O.2C2H2O4/c1-26-23-10-9-20-13-19(7-8-21(20)14-23)15-24-22-11-12-25(17-22)16-18-5-3-2-4-6-18;2*3-1(4)2(5)6/h2-10,13-14,22,24H,11-12,15-17H2,1H3;2*(H,3,4)(H,5,6). The summed E-state index contributed by atoms with van der Waals surface area (Å²) in [7, 11) is 1.71. The van der Waals surface area contributed by atoms with Gasteiger partial charge in [0.25, 0.3) is 0 Å². The first kappa shape index (κ1) is 29.7. The Kier molecular flexibility index (Phi) is 11.7. The van der Waals surface area contributed by atoms with Crippen LogP contribution in [0.1, 0.15) is 17.5 Å². The van der Waals surface area contributed by atoms with Gasteiger partial charge in [-0.2, -0.15) is 0 Å². The van der Waals surface area contributed by atoms with Crippen molar-refractivity contribution in [1.29, 1.82) is 0 Å². The van der Waals surface area contributed by atoms with Crippen LogP contribution in [-0.2, 0) is 32.3 Å². The van der Waals surface area contributed by atoms with Crippen molar-refractivity contribution >= 4 is 34.6 Å². The molecule has 1 fully saturated rings. The number of benzene rings is 3. The zero-order valence-corrected chi connectivity index (χ0v) is 20.7. The molecule has 1 aliphatic heterocycles. The summed E-state index contributed by atoms with van der Waals surface area (Å²) < 4.78 is 5.30. The number of nitrogens with one attached hydrogen (secondary N) is 1. The lowest BCUT2D eigenvalue weighted by atomic mass is 10.1. The molecule has 0 aliphatic carbocycles. The van der Waals surface area contributed by atoms with Crippen LogP contribution in [0.5, 0.6) is 5.75 Å². The van der Waals surface area contributed by atoms with Crippen LogP contribution in [0.15, 0.2) is 66.7 Å². The highest BCUT2D eigenvalue weighted by atomic mass is 16.5. The number of ether oxygens (including phenoxy) is 1.